The molecule has 0 amide bonds. The van der Waals surface area contributed by atoms with E-state index in [0.29, 0.717) is 12.4 Å². The molecule has 14 heavy (non-hydrogen) atoms. The number of nitrogens with zero attached hydrogens (tertiary/aromatic N) is 4. The van der Waals surface area contributed by atoms with Gasteiger partial charge in [-0.25, -0.2) is 4.68 Å². The van der Waals surface area contributed by atoms with E-state index in [1.165, 1.54) is 0 Å². The largest absolute Gasteiger partial charge is 0.383 e. The summed E-state index contributed by atoms with van der Waals surface area (Å²) in [6, 6.07) is 0. The number of rotatable bonds is 2. The van der Waals surface area contributed by atoms with Gasteiger partial charge in [0.05, 0.1) is 23.4 Å². The number of aromatic nitrogens is 4. The molecule has 0 spiro atoms. The van der Waals surface area contributed by atoms with Gasteiger partial charge in [0.25, 0.3) is 0 Å². The zero-order valence-electron chi connectivity index (χ0n) is 7.68. The molecule has 2 aromatic rings. The van der Waals surface area contributed by atoms with Crippen LogP contribution in [0, 0.1) is 0 Å². The second-order valence-corrected chi connectivity index (χ2v) is 3.91. The lowest BCUT2D eigenvalue weighted by Crippen LogP contribution is -2.05. The number of hydrogen-bond donors (Lipinski definition) is 1. The first kappa shape index (κ1) is 9.26. The maximum atomic E-state index is 5.78. The summed E-state index contributed by atoms with van der Waals surface area (Å²) < 4.78 is 4.30. The zero-order chi connectivity index (χ0) is 10.1. The quantitative estimate of drug-likeness (QED) is 0.872. The first-order valence-electron chi connectivity index (χ1n) is 4.11. The van der Waals surface area contributed by atoms with Gasteiger partial charge in [-0.3, -0.25) is 4.68 Å². The summed E-state index contributed by atoms with van der Waals surface area (Å²) in [5.74, 6) is 0.633. The van der Waals surface area contributed by atoms with E-state index in [1.54, 1.807) is 21.8 Å². The first-order valence-corrected chi connectivity index (χ1v) is 4.90. The molecule has 0 bridgehead atoms. The minimum atomic E-state index is 0.633. The highest BCUT2D eigenvalue weighted by atomic mass is 79.9. The van der Waals surface area contributed by atoms with Crippen molar-refractivity contribution >= 4 is 21.7 Å². The third kappa shape index (κ3) is 1.65. The van der Waals surface area contributed by atoms with Crippen LogP contribution in [0.25, 0.3) is 0 Å². The van der Waals surface area contributed by atoms with E-state index in [0.717, 1.165) is 10.0 Å². The van der Waals surface area contributed by atoms with E-state index in [4.69, 9.17) is 5.73 Å². The van der Waals surface area contributed by atoms with Crippen LogP contribution in [-0.4, -0.2) is 19.6 Å². The van der Waals surface area contributed by atoms with Crippen LogP contribution in [0.15, 0.2) is 23.1 Å². The molecule has 74 valence electrons. The highest BCUT2D eigenvalue weighted by Gasteiger charge is 2.05. The van der Waals surface area contributed by atoms with Crippen LogP contribution in [0.1, 0.15) is 5.56 Å². The molecule has 5 nitrogen and oxygen atoms in total. The molecule has 0 unspecified atom stereocenters. The molecular weight excluding hydrogens is 246 g/mol. The van der Waals surface area contributed by atoms with Crippen LogP contribution < -0.4 is 5.73 Å². The van der Waals surface area contributed by atoms with Crippen molar-refractivity contribution in [1.82, 2.24) is 19.6 Å². The maximum Gasteiger partial charge on any atom is 0.136 e. The summed E-state index contributed by atoms with van der Waals surface area (Å²) in [4.78, 5) is 0. The van der Waals surface area contributed by atoms with Crippen molar-refractivity contribution in [2.75, 3.05) is 5.73 Å². The minimum absolute atomic E-state index is 0.633. The highest BCUT2D eigenvalue weighted by Crippen LogP contribution is 2.18. The van der Waals surface area contributed by atoms with E-state index in [1.807, 2.05) is 13.2 Å². The van der Waals surface area contributed by atoms with Gasteiger partial charge in [0.15, 0.2) is 0 Å². The fraction of sp³-hybridized carbons (Fsp3) is 0.250. The van der Waals surface area contributed by atoms with Crippen molar-refractivity contribution in [3.63, 3.8) is 0 Å². The van der Waals surface area contributed by atoms with Gasteiger partial charge in [-0.1, -0.05) is 0 Å². The van der Waals surface area contributed by atoms with Crippen LogP contribution in [0.4, 0.5) is 5.82 Å². The Balaban J connectivity index is 2.22. The van der Waals surface area contributed by atoms with Gasteiger partial charge in [-0.2, -0.15) is 10.2 Å². The molecule has 2 aromatic heterocycles. The van der Waals surface area contributed by atoms with Crippen molar-refractivity contribution in [3.05, 3.63) is 28.6 Å². The zero-order valence-corrected chi connectivity index (χ0v) is 9.27. The normalized spacial score (nSPS) is 10.7. The molecule has 0 aliphatic heterocycles. The fourth-order valence-corrected chi connectivity index (χ4v) is 1.52. The lowest BCUT2D eigenvalue weighted by atomic mass is 10.4. The Morgan fingerprint density at radius 1 is 1.43 bits per heavy atom. The Morgan fingerprint density at radius 2 is 2.21 bits per heavy atom. The molecular formula is C8H10BrN5. The van der Waals surface area contributed by atoms with Crippen LogP contribution in [0.3, 0.4) is 0 Å². The minimum Gasteiger partial charge on any atom is -0.383 e. The van der Waals surface area contributed by atoms with Crippen LogP contribution in [-0.2, 0) is 13.6 Å². The van der Waals surface area contributed by atoms with Crippen LogP contribution in [0.2, 0.25) is 0 Å². The molecule has 2 N–H and O–H groups in total. The maximum absolute atomic E-state index is 5.78. The van der Waals surface area contributed by atoms with E-state index in [9.17, 15) is 0 Å². The van der Waals surface area contributed by atoms with Crippen molar-refractivity contribution < 1.29 is 0 Å². The van der Waals surface area contributed by atoms with Gasteiger partial charge >= 0.3 is 0 Å². The van der Waals surface area contributed by atoms with Crippen molar-refractivity contribution in [2.45, 2.75) is 6.54 Å². The Hall–Kier alpha value is -1.30. The van der Waals surface area contributed by atoms with Gasteiger partial charge in [-0.15, -0.1) is 0 Å². The van der Waals surface area contributed by atoms with Gasteiger partial charge in [-0.05, 0) is 15.9 Å². The molecule has 0 radical (unpaired) electrons. The van der Waals surface area contributed by atoms with E-state index in [2.05, 4.69) is 26.1 Å². The summed E-state index contributed by atoms with van der Waals surface area (Å²) in [6.45, 7) is 0.644. The molecule has 6 heteroatoms. The molecule has 2 heterocycles. The molecule has 0 atom stereocenters. The summed E-state index contributed by atoms with van der Waals surface area (Å²) >= 11 is 3.31. The summed E-state index contributed by atoms with van der Waals surface area (Å²) in [5, 5.41) is 8.20. The van der Waals surface area contributed by atoms with Crippen molar-refractivity contribution in [1.29, 1.82) is 0 Å². The van der Waals surface area contributed by atoms with Crippen molar-refractivity contribution in [3.8, 4) is 0 Å². The van der Waals surface area contributed by atoms with Gasteiger partial charge < -0.3 is 5.73 Å². The summed E-state index contributed by atoms with van der Waals surface area (Å²) in [6.07, 6.45) is 5.43. The predicted molar refractivity (Wildman–Crippen MR) is 56.6 cm³/mol. The third-order valence-corrected chi connectivity index (χ3v) is 2.53. The number of nitrogens with two attached hydrogens (primary N) is 1. The smallest absolute Gasteiger partial charge is 0.136 e. The SMILES string of the molecule is Cn1cc(Cn2ncc(Br)c2N)cn1. The number of halogens is 1. The molecule has 0 aromatic carbocycles. The first-order chi connectivity index (χ1) is 6.66. The van der Waals surface area contributed by atoms with Crippen LogP contribution in [0.5, 0.6) is 0 Å². The molecule has 0 aliphatic carbocycles. The topological polar surface area (TPSA) is 61.7 Å². The lowest BCUT2D eigenvalue weighted by Gasteiger charge is -2.00. The van der Waals surface area contributed by atoms with E-state index in [-0.39, 0.29) is 0 Å². The van der Waals surface area contributed by atoms with E-state index < -0.39 is 0 Å². The van der Waals surface area contributed by atoms with Crippen molar-refractivity contribution in [2.24, 2.45) is 7.05 Å². The molecule has 0 aliphatic rings. The third-order valence-electron chi connectivity index (χ3n) is 1.92. The Bertz CT molecular complexity index is 444. The average molecular weight is 256 g/mol. The Morgan fingerprint density at radius 3 is 2.71 bits per heavy atom. The van der Waals surface area contributed by atoms with Gasteiger partial charge in [0.2, 0.25) is 0 Å². The predicted octanol–water partition coefficient (Wildman–Crippen LogP) is 1.01. The number of nitrogen functional groups attached to an aromatic ring is 1. The van der Waals surface area contributed by atoms with E-state index >= 15 is 0 Å². The molecule has 0 fully saturated rings. The highest BCUT2D eigenvalue weighted by molar-refractivity contribution is 9.10. The van der Waals surface area contributed by atoms with Crippen LogP contribution >= 0.6 is 15.9 Å². The summed E-state index contributed by atoms with van der Waals surface area (Å²) in [5.41, 5.74) is 6.86. The second kappa shape index (κ2) is 3.45. The van der Waals surface area contributed by atoms with Gasteiger partial charge in [0, 0.05) is 18.8 Å². The fourth-order valence-electron chi connectivity index (χ4n) is 1.22. The average Bonchev–Trinajstić information content (AvgIpc) is 2.67. The molecule has 0 saturated carbocycles. The standard InChI is InChI=1S/C8H10BrN5/c1-13-4-6(2-11-13)5-14-8(10)7(9)3-12-14/h2-4H,5,10H2,1H3. The number of hydrogen-bond acceptors (Lipinski definition) is 3. The Labute approximate surface area is 89.6 Å². The van der Waals surface area contributed by atoms with Gasteiger partial charge in [0.1, 0.15) is 5.82 Å². The monoisotopic (exact) mass is 255 g/mol. The Kier molecular flexibility index (Phi) is 2.28. The summed E-state index contributed by atoms with van der Waals surface area (Å²) in [7, 11) is 1.88. The number of aryl methyl sites for hydroxylation is 1. The molecule has 2 rings (SSSR count). The molecule has 0 saturated heterocycles. The number of anilines is 1. The lowest BCUT2D eigenvalue weighted by molar-refractivity contribution is 0.695. The second-order valence-electron chi connectivity index (χ2n) is 3.06.